The largest absolute Gasteiger partial charge is 0.316 e. The fraction of sp³-hybridized carbons (Fsp3) is 0.917. The molecule has 0 saturated carbocycles. The lowest BCUT2D eigenvalue weighted by Crippen LogP contribution is -2.37. The van der Waals surface area contributed by atoms with Crippen LogP contribution < -0.4 is 5.32 Å². The van der Waals surface area contributed by atoms with Crippen LogP contribution in [-0.4, -0.2) is 37.1 Å². The summed E-state index contributed by atoms with van der Waals surface area (Å²) in [6.45, 7) is 8.82. The van der Waals surface area contributed by atoms with Gasteiger partial charge in [0.25, 0.3) is 0 Å². The van der Waals surface area contributed by atoms with Crippen LogP contribution in [0.15, 0.2) is 0 Å². The summed E-state index contributed by atoms with van der Waals surface area (Å²) in [5.74, 6) is 1.84. The molecule has 2 aliphatic heterocycles. The van der Waals surface area contributed by atoms with Crippen molar-refractivity contribution in [3.63, 3.8) is 0 Å². The molecule has 0 aromatic carbocycles. The molecule has 0 aromatic heterocycles. The van der Waals surface area contributed by atoms with Crippen molar-refractivity contribution in [3.8, 4) is 6.07 Å². The van der Waals surface area contributed by atoms with Crippen LogP contribution in [-0.2, 0) is 0 Å². The molecular weight excluding hydrogens is 186 g/mol. The Bertz CT molecular complexity index is 258. The lowest BCUT2D eigenvalue weighted by molar-refractivity contribution is 0.205. The van der Waals surface area contributed by atoms with Gasteiger partial charge >= 0.3 is 0 Å². The molecule has 4 atom stereocenters. The minimum Gasteiger partial charge on any atom is -0.316 e. The third-order valence-electron chi connectivity index (χ3n) is 3.97. The summed E-state index contributed by atoms with van der Waals surface area (Å²) in [6, 6.07) is 3.05. The summed E-state index contributed by atoms with van der Waals surface area (Å²) < 4.78 is 0. The van der Waals surface area contributed by atoms with E-state index in [0.29, 0.717) is 6.04 Å². The van der Waals surface area contributed by atoms with E-state index in [4.69, 9.17) is 5.26 Å². The average Bonchev–Trinajstić information content (AvgIpc) is 2.77. The van der Waals surface area contributed by atoms with E-state index in [1.807, 2.05) is 6.92 Å². The summed E-state index contributed by atoms with van der Waals surface area (Å²) >= 11 is 0. The van der Waals surface area contributed by atoms with Crippen molar-refractivity contribution in [1.29, 1.82) is 5.26 Å². The molecule has 84 valence electrons. The van der Waals surface area contributed by atoms with Gasteiger partial charge in [0.15, 0.2) is 0 Å². The first-order chi connectivity index (χ1) is 7.26. The number of nitrogens with zero attached hydrogens (tertiary/aromatic N) is 2. The van der Waals surface area contributed by atoms with Crippen LogP contribution in [0.25, 0.3) is 0 Å². The van der Waals surface area contributed by atoms with E-state index in [-0.39, 0.29) is 5.92 Å². The van der Waals surface area contributed by atoms with E-state index in [9.17, 15) is 0 Å². The van der Waals surface area contributed by atoms with Crippen LogP contribution in [0.2, 0.25) is 0 Å². The van der Waals surface area contributed by atoms with E-state index in [1.54, 1.807) is 0 Å². The van der Waals surface area contributed by atoms with Gasteiger partial charge in [0.2, 0.25) is 0 Å². The highest BCUT2D eigenvalue weighted by molar-refractivity contribution is 4.99. The van der Waals surface area contributed by atoms with Crippen molar-refractivity contribution in [3.05, 3.63) is 0 Å². The second-order valence-electron chi connectivity index (χ2n) is 5.04. The number of hydrogen-bond acceptors (Lipinski definition) is 3. The zero-order valence-electron chi connectivity index (χ0n) is 9.74. The van der Waals surface area contributed by atoms with Crippen LogP contribution in [0.3, 0.4) is 0 Å². The molecule has 15 heavy (non-hydrogen) atoms. The van der Waals surface area contributed by atoms with Gasteiger partial charge in [-0.05, 0) is 38.3 Å². The van der Waals surface area contributed by atoms with Crippen molar-refractivity contribution in [2.45, 2.75) is 26.3 Å². The Hall–Kier alpha value is -0.590. The number of nitriles is 1. The second-order valence-corrected chi connectivity index (χ2v) is 5.04. The molecule has 4 unspecified atom stereocenters. The topological polar surface area (TPSA) is 39.1 Å². The minimum atomic E-state index is 0.172. The fourth-order valence-corrected chi connectivity index (χ4v) is 3.27. The molecule has 0 aromatic rings. The Labute approximate surface area is 92.4 Å². The maximum atomic E-state index is 8.87. The van der Waals surface area contributed by atoms with Gasteiger partial charge < -0.3 is 5.32 Å². The molecule has 2 saturated heterocycles. The summed E-state index contributed by atoms with van der Waals surface area (Å²) in [5, 5.41) is 12.4. The third kappa shape index (κ3) is 2.02. The lowest BCUT2D eigenvalue weighted by atomic mass is 9.93. The maximum Gasteiger partial charge on any atom is 0.0666 e. The van der Waals surface area contributed by atoms with Crippen molar-refractivity contribution in [2.75, 3.05) is 26.2 Å². The molecule has 2 aliphatic rings. The van der Waals surface area contributed by atoms with Crippen LogP contribution in [0.1, 0.15) is 20.3 Å². The highest BCUT2D eigenvalue weighted by Crippen LogP contribution is 2.34. The van der Waals surface area contributed by atoms with Gasteiger partial charge in [-0.15, -0.1) is 0 Å². The van der Waals surface area contributed by atoms with Crippen molar-refractivity contribution in [1.82, 2.24) is 10.2 Å². The summed E-state index contributed by atoms with van der Waals surface area (Å²) in [7, 11) is 0. The number of hydrogen-bond donors (Lipinski definition) is 1. The Morgan fingerprint density at radius 3 is 3.00 bits per heavy atom. The third-order valence-corrected chi connectivity index (χ3v) is 3.97. The van der Waals surface area contributed by atoms with Crippen LogP contribution in [0.4, 0.5) is 0 Å². The molecule has 2 fully saturated rings. The Balaban J connectivity index is 1.98. The molecule has 0 spiro atoms. The molecule has 0 radical (unpaired) electrons. The predicted molar refractivity (Wildman–Crippen MR) is 60.3 cm³/mol. The fourth-order valence-electron chi connectivity index (χ4n) is 3.27. The molecule has 0 aliphatic carbocycles. The molecule has 0 bridgehead atoms. The zero-order valence-corrected chi connectivity index (χ0v) is 9.74. The Morgan fingerprint density at radius 1 is 1.53 bits per heavy atom. The number of likely N-dealkylation sites (tertiary alicyclic amines) is 1. The first-order valence-electron chi connectivity index (χ1n) is 6.10. The SMILES string of the molecule is CCC1C2CNCC2CN1CC(C)C#N. The van der Waals surface area contributed by atoms with E-state index in [0.717, 1.165) is 18.4 Å². The summed E-state index contributed by atoms with van der Waals surface area (Å²) in [5.41, 5.74) is 0. The summed E-state index contributed by atoms with van der Waals surface area (Å²) in [4.78, 5) is 2.55. The first-order valence-corrected chi connectivity index (χ1v) is 6.10. The molecular formula is C12H21N3. The van der Waals surface area contributed by atoms with Gasteiger partial charge in [0, 0.05) is 19.1 Å². The normalized spacial score (nSPS) is 37.5. The van der Waals surface area contributed by atoms with E-state index >= 15 is 0 Å². The van der Waals surface area contributed by atoms with Crippen molar-refractivity contribution in [2.24, 2.45) is 17.8 Å². The van der Waals surface area contributed by atoms with E-state index in [2.05, 4.69) is 23.2 Å². The van der Waals surface area contributed by atoms with Crippen LogP contribution in [0, 0.1) is 29.1 Å². The van der Waals surface area contributed by atoms with Gasteiger partial charge in [0.05, 0.1) is 12.0 Å². The molecule has 1 N–H and O–H groups in total. The highest BCUT2D eigenvalue weighted by atomic mass is 15.2. The molecule has 3 heteroatoms. The molecule has 2 heterocycles. The zero-order chi connectivity index (χ0) is 10.8. The molecule has 0 amide bonds. The van der Waals surface area contributed by atoms with Gasteiger partial charge in [0.1, 0.15) is 0 Å². The van der Waals surface area contributed by atoms with Gasteiger partial charge in [-0.1, -0.05) is 6.92 Å². The second kappa shape index (κ2) is 4.51. The smallest absolute Gasteiger partial charge is 0.0666 e. The first kappa shape index (κ1) is 10.9. The molecule has 3 nitrogen and oxygen atoms in total. The highest BCUT2D eigenvalue weighted by Gasteiger charge is 2.43. The van der Waals surface area contributed by atoms with Crippen LogP contribution in [0.5, 0.6) is 0 Å². The monoisotopic (exact) mass is 207 g/mol. The van der Waals surface area contributed by atoms with Crippen LogP contribution >= 0.6 is 0 Å². The van der Waals surface area contributed by atoms with E-state index < -0.39 is 0 Å². The van der Waals surface area contributed by atoms with E-state index in [1.165, 1.54) is 26.1 Å². The number of rotatable bonds is 3. The number of nitrogens with one attached hydrogen (secondary N) is 1. The van der Waals surface area contributed by atoms with Gasteiger partial charge in [-0.25, -0.2) is 0 Å². The van der Waals surface area contributed by atoms with Crippen molar-refractivity contribution < 1.29 is 0 Å². The summed E-state index contributed by atoms with van der Waals surface area (Å²) in [6.07, 6.45) is 1.22. The van der Waals surface area contributed by atoms with Gasteiger partial charge in [-0.3, -0.25) is 4.90 Å². The maximum absolute atomic E-state index is 8.87. The van der Waals surface area contributed by atoms with Gasteiger partial charge in [-0.2, -0.15) is 5.26 Å². The molecule has 2 rings (SSSR count). The Morgan fingerprint density at radius 2 is 2.33 bits per heavy atom. The quantitative estimate of drug-likeness (QED) is 0.752. The average molecular weight is 207 g/mol. The standard InChI is InChI=1S/C12H21N3/c1-3-12-11-6-14-5-10(11)8-15(12)7-9(2)4-13/h9-12,14H,3,5-8H2,1-2H3. The minimum absolute atomic E-state index is 0.172. The number of fused-ring (bicyclic) bond motifs is 1. The Kier molecular flexibility index (Phi) is 3.28. The lowest BCUT2D eigenvalue weighted by Gasteiger charge is -2.27. The predicted octanol–water partition coefficient (Wildman–Crippen LogP) is 1.08. The van der Waals surface area contributed by atoms with Crippen molar-refractivity contribution >= 4 is 0 Å².